The van der Waals surface area contributed by atoms with Crippen molar-refractivity contribution in [1.29, 1.82) is 0 Å². The van der Waals surface area contributed by atoms with E-state index in [2.05, 4.69) is 5.32 Å². The summed E-state index contributed by atoms with van der Waals surface area (Å²) in [6.07, 6.45) is 3.29. The molecule has 0 spiro atoms. The van der Waals surface area contributed by atoms with E-state index in [9.17, 15) is 19.1 Å². The lowest BCUT2D eigenvalue weighted by Gasteiger charge is -2.58. The number of nitrogens with one attached hydrogen (secondary N) is 1. The third-order valence-electron chi connectivity index (χ3n) is 7.14. The molecule has 6 rings (SSSR count). The number of halogens is 1. The zero-order valence-corrected chi connectivity index (χ0v) is 17.2. The van der Waals surface area contributed by atoms with E-state index < -0.39 is 34.8 Å². The Bertz CT molecular complexity index is 976. The fourth-order valence-corrected chi connectivity index (χ4v) is 6.33. The van der Waals surface area contributed by atoms with Gasteiger partial charge in [0.2, 0.25) is 6.10 Å². The van der Waals surface area contributed by atoms with Gasteiger partial charge in [0, 0.05) is 11.3 Å². The quantitative estimate of drug-likeness (QED) is 0.700. The molecule has 5 nitrogen and oxygen atoms in total. The second-order valence-electron chi connectivity index (χ2n) is 9.66. The topological polar surface area (TPSA) is 75.6 Å². The number of carbonyl (C=O) groups is 2. The molecule has 4 aliphatic carbocycles. The van der Waals surface area contributed by atoms with Gasteiger partial charge in [0.15, 0.2) is 0 Å². The zero-order valence-electron chi connectivity index (χ0n) is 17.2. The lowest BCUT2D eigenvalue weighted by Crippen LogP contribution is -2.58. The predicted octanol–water partition coefficient (Wildman–Crippen LogP) is 4.38. The van der Waals surface area contributed by atoms with E-state index in [-0.39, 0.29) is 0 Å². The summed E-state index contributed by atoms with van der Waals surface area (Å²) < 4.78 is 19.1. The van der Waals surface area contributed by atoms with E-state index in [0.29, 0.717) is 42.3 Å². The highest BCUT2D eigenvalue weighted by Gasteiger charge is 2.61. The summed E-state index contributed by atoms with van der Waals surface area (Å²) in [5.74, 6) is -0.620. The number of ether oxygens (including phenoxy) is 1. The summed E-state index contributed by atoms with van der Waals surface area (Å²) in [5, 5.41) is 13.7. The minimum absolute atomic E-state index is 0.335. The number of esters is 1. The molecule has 6 heteroatoms. The van der Waals surface area contributed by atoms with Crippen LogP contribution in [-0.4, -0.2) is 22.6 Å². The van der Waals surface area contributed by atoms with E-state index in [1.807, 2.05) is 6.07 Å². The number of hydrogen-bond donors (Lipinski definition) is 2. The smallest absolute Gasteiger partial charge is 0.313 e. The average Bonchev–Trinajstić information content (AvgIpc) is 2.72. The number of aliphatic hydroxyl groups is 1. The van der Waals surface area contributed by atoms with Crippen LogP contribution < -0.4 is 5.32 Å². The largest absolute Gasteiger partial charge is 0.447 e. The van der Waals surface area contributed by atoms with Crippen LogP contribution in [0.5, 0.6) is 0 Å². The summed E-state index contributed by atoms with van der Waals surface area (Å²) in [7, 11) is 0. The predicted molar refractivity (Wildman–Crippen MR) is 112 cm³/mol. The fourth-order valence-electron chi connectivity index (χ4n) is 6.33. The number of carbonyl (C=O) groups excluding carboxylic acids is 2. The van der Waals surface area contributed by atoms with Crippen LogP contribution in [0.2, 0.25) is 0 Å². The van der Waals surface area contributed by atoms with Gasteiger partial charge in [0.25, 0.3) is 5.91 Å². The number of rotatable bonds is 5. The second kappa shape index (κ2) is 7.45. The van der Waals surface area contributed by atoms with Gasteiger partial charge in [-0.2, -0.15) is 0 Å². The molecular formula is C25H26FNO4. The van der Waals surface area contributed by atoms with Gasteiger partial charge in [-0.05, 0) is 74.6 Å². The molecule has 2 N–H and O–H groups in total. The maximum Gasteiger partial charge on any atom is 0.313 e. The maximum absolute atomic E-state index is 13.5. The van der Waals surface area contributed by atoms with Gasteiger partial charge in [-0.25, -0.2) is 4.39 Å². The van der Waals surface area contributed by atoms with Crippen molar-refractivity contribution in [3.63, 3.8) is 0 Å². The molecule has 0 heterocycles. The molecular weight excluding hydrogens is 397 g/mol. The third kappa shape index (κ3) is 3.85. The van der Waals surface area contributed by atoms with E-state index >= 15 is 0 Å². The molecule has 0 saturated heterocycles. The van der Waals surface area contributed by atoms with Crippen LogP contribution in [0.15, 0.2) is 54.6 Å². The van der Waals surface area contributed by atoms with Crippen molar-refractivity contribution in [3.05, 3.63) is 66.0 Å². The van der Waals surface area contributed by atoms with Gasteiger partial charge in [0.1, 0.15) is 5.82 Å². The molecule has 1 amide bonds. The summed E-state index contributed by atoms with van der Waals surface area (Å²) in [6, 6.07) is 14.3. The minimum atomic E-state index is -1.12. The molecule has 3 unspecified atom stereocenters. The number of amides is 1. The summed E-state index contributed by atoms with van der Waals surface area (Å²) >= 11 is 0. The first-order valence-corrected chi connectivity index (χ1v) is 10.9. The Morgan fingerprint density at radius 2 is 1.65 bits per heavy atom. The van der Waals surface area contributed by atoms with Crippen LogP contribution >= 0.6 is 0 Å². The highest BCUT2D eigenvalue weighted by Crippen LogP contribution is 2.62. The monoisotopic (exact) mass is 423 g/mol. The van der Waals surface area contributed by atoms with Crippen molar-refractivity contribution in [2.24, 2.45) is 17.3 Å². The molecule has 4 bridgehead atoms. The van der Waals surface area contributed by atoms with Gasteiger partial charge in [-0.3, -0.25) is 9.59 Å². The summed E-state index contributed by atoms with van der Waals surface area (Å²) in [5.41, 5.74) is -0.518. The van der Waals surface area contributed by atoms with Gasteiger partial charge < -0.3 is 15.2 Å². The average molecular weight is 423 g/mol. The van der Waals surface area contributed by atoms with E-state index in [1.54, 1.807) is 24.3 Å². The molecule has 4 fully saturated rings. The van der Waals surface area contributed by atoms with Crippen molar-refractivity contribution >= 4 is 17.6 Å². The fraction of sp³-hybridized carbons (Fsp3) is 0.440. The van der Waals surface area contributed by atoms with Crippen molar-refractivity contribution in [3.8, 4) is 0 Å². The van der Waals surface area contributed by atoms with Gasteiger partial charge in [-0.15, -0.1) is 0 Å². The Balaban J connectivity index is 1.39. The van der Waals surface area contributed by atoms with Crippen molar-refractivity contribution in [2.75, 3.05) is 5.32 Å². The standard InChI is InChI=1S/C25H26FNO4/c26-19-6-8-20(9-7-19)27-22(28)21(18-4-2-1-3-5-18)31-23(29)24-11-16-10-17(12-24)14-25(30,13-16)15-24/h1-9,16-17,21,30H,10-15H2,(H,27,28). The molecule has 2 aromatic carbocycles. The molecule has 0 aromatic heterocycles. The first kappa shape index (κ1) is 20.2. The van der Waals surface area contributed by atoms with Crippen LogP contribution in [0.1, 0.15) is 50.2 Å². The van der Waals surface area contributed by atoms with Gasteiger partial charge in [0.05, 0.1) is 11.0 Å². The van der Waals surface area contributed by atoms with E-state index in [0.717, 1.165) is 19.3 Å². The number of benzene rings is 2. The molecule has 3 atom stereocenters. The highest BCUT2D eigenvalue weighted by molar-refractivity contribution is 5.96. The highest BCUT2D eigenvalue weighted by atomic mass is 19.1. The maximum atomic E-state index is 13.5. The second-order valence-corrected chi connectivity index (χ2v) is 9.66. The normalized spacial score (nSPS) is 31.8. The molecule has 2 aromatic rings. The molecule has 0 radical (unpaired) electrons. The van der Waals surface area contributed by atoms with Crippen molar-refractivity contribution in [2.45, 2.75) is 50.2 Å². The molecule has 31 heavy (non-hydrogen) atoms. The van der Waals surface area contributed by atoms with Gasteiger partial charge in [-0.1, -0.05) is 30.3 Å². The van der Waals surface area contributed by atoms with Gasteiger partial charge >= 0.3 is 5.97 Å². The number of anilines is 1. The lowest BCUT2D eigenvalue weighted by molar-refractivity contribution is -0.200. The Morgan fingerprint density at radius 1 is 1.00 bits per heavy atom. The van der Waals surface area contributed by atoms with E-state index in [4.69, 9.17) is 4.74 Å². The van der Waals surface area contributed by atoms with Crippen LogP contribution in [-0.2, 0) is 14.3 Å². The molecule has 4 aliphatic rings. The molecule has 162 valence electrons. The summed E-state index contributed by atoms with van der Waals surface area (Å²) in [4.78, 5) is 26.6. The Labute approximate surface area is 180 Å². The Hall–Kier alpha value is -2.73. The van der Waals surface area contributed by atoms with E-state index in [1.165, 1.54) is 24.3 Å². The van der Waals surface area contributed by atoms with Crippen LogP contribution in [0.4, 0.5) is 10.1 Å². The Kier molecular flexibility index (Phi) is 4.85. The van der Waals surface area contributed by atoms with Crippen LogP contribution in [0, 0.1) is 23.1 Å². The first-order valence-electron chi connectivity index (χ1n) is 10.9. The number of hydrogen-bond acceptors (Lipinski definition) is 4. The molecule has 0 aliphatic heterocycles. The SMILES string of the molecule is O=C(Nc1ccc(F)cc1)C(OC(=O)C12CC3CC(CC(O)(C3)C1)C2)c1ccccc1. The lowest BCUT2D eigenvalue weighted by atomic mass is 9.48. The Morgan fingerprint density at radius 3 is 2.26 bits per heavy atom. The summed E-state index contributed by atoms with van der Waals surface area (Å²) in [6.45, 7) is 0. The minimum Gasteiger partial charge on any atom is -0.447 e. The molecule has 4 saturated carbocycles. The zero-order chi connectivity index (χ0) is 21.6. The van der Waals surface area contributed by atoms with Crippen molar-refractivity contribution in [1.82, 2.24) is 0 Å². The van der Waals surface area contributed by atoms with Crippen LogP contribution in [0.25, 0.3) is 0 Å². The van der Waals surface area contributed by atoms with Crippen molar-refractivity contribution < 1.29 is 23.8 Å². The first-order chi connectivity index (χ1) is 14.8. The third-order valence-corrected chi connectivity index (χ3v) is 7.14. The van der Waals surface area contributed by atoms with Crippen LogP contribution in [0.3, 0.4) is 0 Å².